The molecule has 1 fully saturated rings. The highest BCUT2D eigenvalue weighted by Crippen LogP contribution is 2.26. The average Bonchev–Trinajstić information content (AvgIpc) is 2.82. The fourth-order valence-electron chi connectivity index (χ4n) is 2.56. The Morgan fingerprint density at radius 2 is 2.22 bits per heavy atom. The zero-order valence-electron chi connectivity index (χ0n) is 10.9. The molecule has 1 atom stereocenters. The van der Waals surface area contributed by atoms with Crippen LogP contribution in [0.5, 0.6) is 0 Å². The van der Waals surface area contributed by atoms with Crippen LogP contribution in [0.25, 0.3) is 0 Å². The van der Waals surface area contributed by atoms with Gasteiger partial charge in [0.05, 0.1) is 11.8 Å². The Morgan fingerprint density at radius 3 is 2.83 bits per heavy atom. The molecule has 3 N–H and O–H groups in total. The molecule has 0 spiro atoms. The van der Waals surface area contributed by atoms with E-state index in [1.54, 1.807) is 6.26 Å². The number of nitrogens with one attached hydrogen (secondary N) is 1. The van der Waals surface area contributed by atoms with E-state index in [-0.39, 0.29) is 11.9 Å². The summed E-state index contributed by atoms with van der Waals surface area (Å²) in [5, 5.41) is 3.00. The number of furan rings is 1. The molecule has 1 amide bonds. The van der Waals surface area contributed by atoms with Crippen LogP contribution in [0, 0.1) is 0 Å². The second-order valence-corrected chi connectivity index (χ2v) is 5.37. The summed E-state index contributed by atoms with van der Waals surface area (Å²) in [6.45, 7) is 1.98. The van der Waals surface area contributed by atoms with Crippen LogP contribution in [-0.4, -0.2) is 17.5 Å². The van der Waals surface area contributed by atoms with Gasteiger partial charge in [0.1, 0.15) is 5.76 Å². The van der Waals surface area contributed by atoms with Gasteiger partial charge in [-0.25, -0.2) is 0 Å². The molecule has 1 aromatic heterocycles. The molecule has 0 bridgehead atoms. The summed E-state index contributed by atoms with van der Waals surface area (Å²) in [7, 11) is 0. The molecule has 0 radical (unpaired) electrons. The number of carbonyl (C=O) groups excluding carboxylic acids is 1. The molecule has 0 aliphatic heterocycles. The van der Waals surface area contributed by atoms with Gasteiger partial charge in [-0.05, 0) is 31.9 Å². The SMILES string of the molecule is CC(Cc1ccco1)NC(=O)C1(N)CCCCC1. The number of carbonyl (C=O) groups is 1. The van der Waals surface area contributed by atoms with Crippen LogP contribution in [0.15, 0.2) is 22.8 Å². The number of hydrogen-bond acceptors (Lipinski definition) is 3. The second kappa shape index (κ2) is 5.57. The molecular formula is C14H22N2O2. The summed E-state index contributed by atoms with van der Waals surface area (Å²) in [6.07, 6.45) is 7.24. The van der Waals surface area contributed by atoms with Crippen molar-refractivity contribution >= 4 is 5.91 Å². The van der Waals surface area contributed by atoms with Gasteiger partial charge in [0.15, 0.2) is 0 Å². The normalized spacial score (nSPS) is 20.3. The summed E-state index contributed by atoms with van der Waals surface area (Å²) < 4.78 is 5.27. The summed E-state index contributed by atoms with van der Waals surface area (Å²) in [6, 6.07) is 3.82. The molecule has 2 rings (SSSR count). The minimum absolute atomic E-state index is 0.0127. The van der Waals surface area contributed by atoms with Crippen LogP contribution in [0.1, 0.15) is 44.8 Å². The Morgan fingerprint density at radius 1 is 1.50 bits per heavy atom. The van der Waals surface area contributed by atoms with Crippen molar-refractivity contribution in [2.24, 2.45) is 5.73 Å². The van der Waals surface area contributed by atoms with Crippen molar-refractivity contribution in [1.82, 2.24) is 5.32 Å². The van der Waals surface area contributed by atoms with Crippen molar-refractivity contribution in [3.63, 3.8) is 0 Å². The molecule has 1 unspecified atom stereocenters. The first-order valence-electron chi connectivity index (χ1n) is 6.72. The maximum Gasteiger partial charge on any atom is 0.240 e. The first-order chi connectivity index (χ1) is 8.60. The molecule has 1 heterocycles. The molecule has 1 saturated carbocycles. The van der Waals surface area contributed by atoms with E-state index >= 15 is 0 Å². The fourth-order valence-corrected chi connectivity index (χ4v) is 2.56. The van der Waals surface area contributed by atoms with Crippen molar-refractivity contribution in [3.8, 4) is 0 Å². The minimum Gasteiger partial charge on any atom is -0.469 e. The van der Waals surface area contributed by atoms with Crippen molar-refractivity contribution in [1.29, 1.82) is 0 Å². The van der Waals surface area contributed by atoms with Gasteiger partial charge in [-0.1, -0.05) is 19.3 Å². The van der Waals surface area contributed by atoms with Crippen LogP contribution in [0.4, 0.5) is 0 Å². The van der Waals surface area contributed by atoms with Crippen molar-refractivity contribution in [2.45, 2.75) is 57.0 Å². The van der Waals surface area contributed by atoms with Gasteiger partial charge < -0.3 is 15.5 Å². The highest BCUT2D eigenvalue weighted by Gasteiger charge is 2.35. The highest BCUT2D eigenvalue weighted by atomic mass is 16.3. The van der Waals surface area contributed by atoms with E-state index in [9.17, 15) is 4.79 Å². The number of amides is 1. The molecule has 1 aromatic rings. The molecule has 4 heteroatoms. The fraction of sp³-hybridized carbons (Fsp3) is 0.643. The number of hydrogen-bond donors (Lipinski definition) is 2. The largest absolute Gasteiger partial charge is 0.469 e. The Hall–Kier alpha value is -1.29. The maximum absolute atomic E-state index is 12.2. The maximum atomic E-state index is 12.2. The van der Waals surface area contributed by atoms with Gasteiger partial charge in [0.2, 0.25) is 5.91 Å². The van der Waals surface area contributed by atoms with E-state index in [2.05, 4.69) is 5.32 Å². The Labute approximate surface area is 108 Å². The lowest BCUT2D eigenvalue weighted by Crippen LogP contribution is -2.56. The third-order valence-corrected chi connectivity index (χ3v) is 3.66. The molecule has 1 aliphatic carbocycles. The first-order valence-corrected chi connectivity index (χ1v) is 6.72. The predicted molar refractivity (Wildman–Crippen MR) is 70.0 cm³/mol. The zero-order chi connectivity index (χ0) is 13.0. The third-order valence-electron chi connectivity index (χ3n) is 3.66. The Bertz CT molecular complexity index is 381. The lowest BCUT2D eigenvalue weighted by atomic mass is 9.81. The summed E-state index contributed by atoms with van der Waals surface area (Å²) in [5.41, 5.74) is 5.53. The smallest absolute Gasteiger partial charge is 0.240 e. The van der Waals surface area contributed by atoms with E-state index in [1.165, 1.54) is 6.42 Å². The standard InChI is InChI=1S/C14H22N2O2/c1-11(10-12-6-5-9-18-12)16-13(17)14(15)7-3-2-4-8-14/h5-6,9,11H,2-4,7-8,10,15H2,1H3,(H,16,17). The van der Waals surface area contributed by atoms with Gasteiger partial charge in [-0.3, -0.25) is 4.79 Å². The molecule has 0 saturated heterocycles. The van der Waals surface area contributed by atoms with Crippen LogP contribution >= 0.6 is 0 Å². The summed E-state index contributed by atoms with van der Waals surface area (Å²) in [5.74, 6) is 0.874. The third kappa shape index (κ3) is 3.13. The monoisotopic (exact) mass is 250 g/mol. The van der Waals surface area contributed by atoms with Crippen LogP contribution < -0.4 is 11.1 Å². The van der Waals surface area contributed by atoms with Crippen molar-refractivity contribution < 1.29 is 9.21 Å². The second-order valence-electron chi connectivity index (χ2n) is 5.37. The highest BCUT2D eigenvalue weighted by molar-refractivity contribution is 5.86. The molecule has 18 heavy (non-hydrogen) atoms. The van der Waals surface area contributed by atoms with E-state index in [1.807, 2.05) is 19.1 Å². The molecule has 1 aliphatic rings. The van der Waals surface area contributed by atoms with Crippen LogP contribution in [-0.2, 0) is 11.2 Å². The van der Waals surface area contributed by atoms with E-state index in [0.717, 1.165) is 31.4 Å². The quantitative estimate of drug-likeness (QED) is 0.858. The van der Waals surface area contributed by atoms with Gasteiger partial charge in [0, 0.05) is 12.5 Å². The summed E-state index contributed by atoms with van der Waals surface area (Å²) >= 11 is 0. The number of rotatable bonds is 4. The Kier molecular flexibility index (Phi) is 4.07. The van der Waals surface area contributed by atoms with Crippen LogP contribution in [0.3, 0.4) is 0 Å². The van der Waals surface area contributed by atoms with E-state index in [0.29, 0.717) is 6.42 Å². The predicted octanol–water partition coefficient (Wildman–Crippen LogP) is 1.99. The van der Waals surface area contributed by atoms with Gasteiger partial charge in [-0.15, -0.1) is 0 Å². The lowest BCUT2D eigenvalue weighted by molar-refractivity contribution is -0.128. The molecule has 0 aromatic carbocycles. The van der Waals surface area contributed by atoms with Crippen LogP contribution in [0.2, 0.25) is 0 Å². The first kappa shape index (κ1) is 13.1. The molecule has 4 nitrogen and oxygen atoms in total. The minimum atomic E-state index is -0.657. The van der Waals surface area contributed by atoms with Crippen molar-refractivity contribution in [3.05, 3.63) is 24.2 Å². The van der Waals surface area contributed by atoms with Gasteiger partial charge in [0.25, 0.3) is 0 Å². The van der Waals surface area contributed by atoms with E-state index in [4.69, 9.17) is 10.2 Å². The topological polar surface area (TPSA) is 68.3 Å². The van der Waals surface area contributed by atoms with Gasteiger partial charge in [-0.2, -0.15) is 0 Å². The Balaban J connectivity index is 1.86. The van der Waals surface area contributed by atoms with Crippen molar-refractivity contribution in [2.75, 3.05) is 0 Å². The number of nitrogens with two attached hydrogens (primary N) is 1. The molecule has 100 valence electrons. The lowest BCUT2D eigenvalue weighted by Gasteiger charge is -2.32. The van der Waals surface area contributed by atoms with E-state index < -0.39 is 5.54 Å². The van der Waals surface area contributed by atoms with Gasteiger partial charge >= 0.3 is 0 Å². The summed E-state index contributed by atoms with van der Waals surface area (Å²) in [4.78, 5) is 12.2. The molecular weight excluding hydrogens is 228 g/mol. The average molecular weight is 250 g/mol. The zero-order valence-corrected chi connectivity index (χ0v) is 10.9.